The molecule has 8 heteroatoms. The van der Waals surface area contributed by atoms with Gasteiger partial charge in [-0.1, -0.05) is 48.9 Å². The van der Waals surface area contributed by atoms with Crippen molar-refractivity contribution in [2.75, 3.05) is 51.3 Å². The highest BCUT2D eigenvalue weighted by atomic mass is 16.5. The first-order valence-corrected chi connectivity index (χ1v) is 16.5. The average Bonchev–Trinajstić information content (AvgIpc) is 3.08. The predicted molar refractivity (Wildman–Crippen MR) is 183 cm³/mol. The molecular weight excluding hydrogens is 580 g/mol. The van der Waals surface area contributed by atoms with E-state index < -0.39 is 11.9 Å². The monoisotopic (exact) mass is 628 g/mol. The molecule has 1 heterocycles. The van der Waals surface area contributed by atoms with Gasteiger partial charge in [-0.3, -0.25) is 9.69 Å². The molecule has 3 aromatic rings. The van der Waals surface area contributed by atoms with Gasteiger partial charge in [-0.15, -0.1) is 0 Å². The SMILES string of the molecule is COc1ccc(N2CCN(CCCCCOc3ccccc3/C=C/C(CCCCC(=O)O)Cc3ccc(C(=O)O)cc3)CC2)cc1. The maximum absolute atomic E-state index is 11.2. The first-order valence-electron chi connectivity index (χ1n) is 16.5. The maximum atomic E-state index is 11.2. The summed E-state index contributed by atoms with van der Waals surface area (Å²) in [5, 5.41) is 18.2. The van der Waals surface area contributed by atoms with Crippen LogP contribution in [0.4, 0.5) is 5.69 Å². The smallest absolute Gasteiger partial charge is 0.335 e. The fraction of sp³-hybridized carbons (Fsp3) is 0.421. The third-order valence-corrected chi connectivity index (χ3v) is 8.57. The highest BCUT2D eigenvalue weighted by Crippen LogP contribution is 2.25. The molecule has 1 unspecified atom stereocenters. The summed E-state index contributed by atoms with van der Waals surface area (Å²) in [7, 11) is 1.70. The minimum absolute atomic E-state index is 0.168. The van der Waals surface area contributed by atoms with Gasteiger partial charge in [-0.05, 0) is 99.0 Å². The number of allylic oxidation sites excluding steroid dienone is 1. The van der Waals surface area contributed by atoms with Crippen LogP contribution >= 0.6 is 0 Å². The van der Waals surface area contributed by atoms with E-state index in [0.29, 0.717) is 13.0 Å². The predicted octanol–water partition coefficient (Wildman–Crippen LogP) is 7.28. The average molecular weight is 629 g/mol. The Hall–Kier alpha value is -4.30. The molecule has 1 aliphatic heterocycles. The van der Waals surface area contributed by atoms with E-state index in [-0.39, 0.29) is 17.9 Å². The minimum atomic E-state index is -0.937. The van der Waals surface area contributed by atoms with Gasteiger partial charge in [0.2, 0.25) is 0 Å². The van der Waals surface area contributed by atoms with Crippen LogP contribution in [-0.2, 0) is 11.2 Å². The lowest BCUT2D eigenvalue weighted by Crippen LogP contribution is -2.46. The molecule has 4 rings (SSSR count). The van der Waals surface area contributed by atoms with Gasteiger partial charge in [-0.2, -0.15) is 0 Å². The number of benzene rings is 3. The van der Waals surface area contributed by atoms with Crippen molar-refractivity contribution >= 4 is 23.7 Å². The Labute approximate surface area is 273 Å². The molecule has 0 aromatic heterocycles. The summed E-state index contributed by atoms with van der Waals surface area (Å²) in [5.41, 5.74) is 3.61. The minimum Gasteiger partial charge on any atom is -0.497 e. The largest absolute Gasteiger partial charge is 0.497 e. The number of unbranched alkanes of at least 4 members (excludes halogenated alkanes) is 3. The molecule has 0 saturated carbocycles. The number of methoxy groups -OCH3 is 1. The molecule has 1 atom stereocenters. The van der Waals surface area contributed by atoms with Crippen LogP contribution in [0.2, 0.25) is 0 Å². The number of carbonyl (C=O) groups is 2. The molecule has 1 aliphatic rings. The van der Waals surface area contributed by atoms with Crippen molar-refractivity contribution in [1.29, 1.82) is 0 Å². The van der Waals surface area contributed by atoms with E-state index in [0.717, 1.165) is 93.9 Å². The van der Waals surface area contributed by atoms with Crippen molar-refractivity contribution in [2.24, 2.45) is 5.92 Å². The summed E-state index contributed by atoms with van der Waals surface area (Å²) in [6.45, 7) is 6.03. The van der Waals surface area contributed by atoms with Crippen molar-refractivity contribution in [3.63, 3.8) is 0 Å². The van der Waals surface area contributed by atoms with E-state index in [1.165, 1.54) is 5.69 Å². The summed E-state index contributed by atoms with van der Waals surface area (Å²) in [6, 6.07) is 23.4. The molecular formula is C38H48N2O6. The van der Waals surface area contributed by atoms with Crippen LogP contribution in [0, 0.1) is 5.92 Å². The van der Waals surface area contributed by atoms with Gasteiger partial charge >= 0.3 is 11.9 Å². The standard InChI is InChI=1S/C38H48N2O6/c1-45-35-21-19-34(20-22-35)40-26-24-39(25-27-40)23-7-2-8-28-46-36-11-5-4-10-32(36)16-13-30(9-3-6-12-37(41)42)29-31-14-17-33(18-15-31)38(43)44/h4-5,10-11,13-22,30H,2-3,6-9,12,23-29H2,1H3,(H,41,42)(H,43,44)/b16-13+. The molecule has 46 heavy (non-hydrogen) atoms. The maximum Gasteiger partial charge on any atom is 0.335 e. The lowest BCUT2D eigenvalue weighted by molar-refractivity contribution is -0.137. The van der Waals surface area contributed by atoms with Crippen molar-refractivity contribution in [2.45, 2.75) is 51.4 Å². The Morgan fingerprint density at radius 3 is 2.28 bits per heavy atom. The molecule has 3 aromatic carbocycles. The van der Waals surface area contributed by atoms with Crippen LogP contribution in [0.3, 0.4) is 0 Å². The van der Waals surface area contributed by atoms with Gasteiger partial charge in [0.25, 0.3) is 0 Å². The number of piperazine rings is 1. The summed E-state index contributed by atoms with van der Waals surface area (Å²) in [6.07, 6.45) is 10.8. The topological polar surface area (TPSA) is 99.5 Å². The fourth-order valence-corrected chi connectivity index (χ4v) is 5.84. The molecule has 2 N–H and O–H groups in total. The van der Waals surface area contributed by atoms with Crippen molar-refractivity contribution < 1.29 is 29.3 Å². The van der Waals surface area contributed by atoms with E-state index in [1.54, 1.807) is 19.2 Å². The fourth-order valence-electron chi connectivity index (χ4n) is 5.84. The first-order chi connectivity index (χ1) is 22.4. The van der Waals surface area contributed by atoms with Crippen LogP contribution in [0.25, 0.3) is 6.08 Å². The second-order valence-electron chi connectivity index (χ2n) is 11.9. The van der Waals surface area contributed by atoms with Crippen LogP contribution in [0.5, 0.6) is 11.5 Å². The second-order valence-corrected chi connectivity index (χ2v) is 11.9. The number of rotatable bonds is 19. The normalized spacial score (nSPS) is 14.3. The molecule has 0 bridgehead atoms. The zero-order chi connectivity index (χ0) is 32.6. The molecule has 1 saturated heterocycles. The van der Waals surface area contributed by atoms with Gasteiger partial charge in [0.05, 0.1) is 19.3 Å². The third-order valence-electron chi connectivity index (χ3n) is 8.57. The van der Waals surface area contributed by atoms with E-state index in [2.05, 4.69) is 40.2 Å². The van der Waals surface area contributed by atoms with Gasteiger partial charge in [0.1, 0.15) is 11.5 Å². The number of ether oxygens (including phenoxy) is 2. The Morgan fingerprint density at radius 2 is 1.59 bits per heavy atom. The van der Waals surface area contributed by atoms with E-state index in [9.17, 15) is 14.7 Å². The summed E-state index contributed by atoms with van der Waals surface area (Å²) in [4.78, 5) is 27.2. The van der Waals surface area contributed by atoms with E-state index in [4.69, 9.17) is 14.6 Å². The highest BCUT2D eigenvalue weighted by molar-refractivity contribution is 5.87. The molecule has 0 amide bonds. The molecule has 8 nitrogen and oxygen atoms in total. The number of anilines is 1. The molecule has 0 aliphatic carbocycles. The first kappa shape index (κ1) is 34.6. The lowest BCUT2D eigenvalue weighted by Gasteiger charge is -2.36. The molecule has 246 valence electrons. The summed E-state index contributed by atoms with van der Waals surface area (Å²) < 4.78 is 11.5. The van der Waals surface area contributed by atoms with E-state index >= 15 is 0 Å². The molecule has 0 radical (unpaired) electrons. The van der Waals surface area contributed by atoms with Gasteiger partial charge in [-0.25, -0.2) is 4.79 Å². The quantitative estimate of drug-likeness (QED) is 0.134. The number of para-hydroxylation sites is 1. The van der Waals surface area contributed by atoms with Crippen LogP contribution in [0.1, 0.15) is 66.4 Å². The molecule has 0 spiro atoms. The van der Waals surface area contributed by atoms with E-state index in [1.807, 2.05) is 42.5 Å². The van der Waals surface area contributed by atoms with Gasteiger partial charge in [0.15, 0.2) is 0 Å². The number of aromatic carboxylic acids is 1. The summed E-state index contributed by atoms with van der Waals surface area (Å²) in [5.74, 6) is 0.235. The number of aliphatic carboxylic acids is 1. The van der Waals surface area contributed by atoms with Crippen LogP contribution in [0.15, 0.2) is 78.9 Å². The third kappa shape index (κ3) is 11.6. The van der Waals surface area contributed by atoms with Crippen LogP contribution < -0.4 is 14.4 Å². The number of nitrogens with zero attached hydrogens (tertiary/aromatic N) is 2. The lowest BCUT2D eigenvalue weighted by atomic mass is 9.92. The highest BCUT2D eigenvalue weighted by Gasteiger charge is 2.17. The second kappa shape index (κ2) is 18.6. The number of hydrogen-bond acceptors (Lipinski definition) is 6. The zero-order valence-corrected chi connectivity index (χ0v) is 27.0. The van der Waals surface area contributed by atoms with Crippen molar-refractivity contribution in [3.05, 3.63) is 95.6 Å². The van der Waals surface area contributed by atoms with Crippen molar-refractivity contribution in [1.82, 2.24) is 4.90 Å². The zero-order valence-electron chi connectivity index (χ0n) is 27.0. The number of carboxylic acids is 2. The number of hydrogen-bond donors (Lipinski definition) is 2. The Bertz CT molecular complexity index is 1380. The number of carboxylic acid groups (broad SMARTS) is 2. The molecule has 1 fully saturated rings. The summed E-state index contributed by atoms with van der Waals surface area (Å²) >= 11 is 0. The van der Waals surface area contributed by atoms with Gasteiger partial charge < -0.3 is 24.6 Å². The van der Waals surface area contributed by atoms with Crippen LogP contribution in [-0.4, -0.2) is 73.5 Å². The van der Waals surface area contributed by atoms with Crippen molar-refractivity contribution in [3.8, 4) is 11.5 Å². The van der Waals surface area contributed by atoms with Gasteiger partial charge in [0, 0.05) is 43.9 Å². The Balaban J connectivity index is 1.21. The Kier molecular flexibility index (Phi) is 14.0. The Morgan fingerprint density at radius 1 is 0.848 bits per heavy atom.